The summed E-state index contributed by atoms with van der Waals surface area (Å²) in [6, 6.07) is 11.1. The van der Waals surface area contributed by atoms with Gasteiger partial charge in [0, 0.05) is 31.9 Å². The van der Waals surface area contributed by atoms with Crippen LogP contribution in [0.3, 0.4) is 0 Å². The average molecular weight is 428 g/mol. The van der Waals surface area contributed by atoms with Gasteiger partial charge in [0.05, 0.1) is 12.3 Å². The number of hydrogen-bond donors (Lipinski definition) is 1. The van der Waals surface area contributed by atoms with Gasteiger partial charge in [-0.25, -0.2) is 0 Å². The van der Waals surface area contributed by atoms with Crippen molar-refractivity contribution in [2.75, 3.05) is 36.4 Å². The lowest BCUT2D eigenvalue weighted by atomic mass is 9.97. The Hall–Kier alpha value is -2.67. The maximum Gasteiger partial charge on any atom is 0.229 e. The van der Waals surface area contributed by atoms with Crippen molar-refractivity contribution in [3.63, 3.8) is 0 Å². The zero-order chi connectivity index (χ0) is 20.9. The molecule has 30 heavy (non-hydrogen) atoms. The van der Waals surface area contributed by atoms with Crippen molar-refractivity contribution in [1.82, 2.24) is 15.1 Å². The minimum Gasteiger partial charge on any atom is -0.354 e. The second-order valence-corrected chi connectivity index (χ2v) is 8.34. The van der Waals surface area contributed by atoms with Crippen LogP contribution in [0.25, 0.3) is 0 Å². The number of nitrogens with one attached hydrogen (secondary N) is 1. The molecule has 0 aliphatic carbocycles. The Morgan fingerprint density at radius 2 is 1.77 bits per heavy atom. The minimum atomic E-state index is -0.118. The van der Waals surface area contributed by atoms with E-state index in [1.165, 1.54) is 0 Å². The van der Waals surface area contributed by atoms with E-state index in [1.807, 2.05) is 35.2 Å². The van der Waals surface area contributed by atoms with E-state index in [2.05, 4.69) is 20.4 Å². The topological polar surface area (TPSA) is 78.4 Å². The number of halogens is 1. The summed E-state index contributed by atoms with van der Waals surface area (Å²) in [5, 5.41) is 11.4. The molecule has 1 atom stereocenters. The van der Waals surface area contributed by atoms with Crippen LogP contribution in [0.4, 0.5) is 11.5 Å². The average Bonchev–Trinajstić information content (AvgIpc) is 3.31. The van der Waals surface area contributed by atoms with Gasteiger partial charge in [-0.15, -0.1) is 10.2 Å². The summed E-state index contributed by atoms with van der Waals surface area (Å²) in [6.45, 7) is 3.18. The predicted octanol–water partition coefficient (Wildman–Crippen LogP) is 3.15. The fourth-order valence-corrected chi connectivity index (χ4v) is 4.18. The Labute approximate surface area is 181 Å². The highest BCUT2D eigenvalue weighted by Gasteiger charge is 2.27. The van der Waals surface area contributed by atoms with E-state index in [4.69, 9.17) is 11.6 Å². The van der Waals surface area contributed by atoms with E-state index in [0.717, 1.165) is 62.4 Å². The molecule has 1 N–H and O–H groups in total. The highest BCUT2D eigenvalue weighted by molar-refractivity contribution is 6.29. The lowest BCUT2D eigenvalue weighted by Gasteiger charge is -2.32. The maximum absolute atomic E-state index is 12.8. The molecule has 0 radical (unpaired) electrons. The third-order valence-corrected chi connectivity index (χ3v) is 5.97. The molecule has 2 amide bonds. The molecule has 2 fully saturated rings. The Morgan fingerprint density at radius 3 is 2.47 bits per heavy atom. The van der Waals surface area contributed by atoms with Gasteiger partial charge in [-0.3, -0.25) is 9.59 Å². The number of carbonyl (C=O) groups excluding carboxylic acids is 2. The Bertz CT molecular complexity index is 881. The molecule has 8 heteroatoms. The van der Waals surface area contributed by atoms with Gasteiger partial charge in [0.15, 0.2) is 11.0 Å². The smallest absolute Gasteiger partial charge is 0.229 e. The molecule has 4 rings (SSSR count). The van der Waals surface area contributed by atoms with Crippen molar-refractivity contribution in [1.29, 1.82) is 0 Å². The van der Waals surface area contributed by atoms with Crippen LogP contribution < -0.4 is 10.2 Å². The maximum atomic E-state index is 12.8. The summed E-state index contributed by atoms with van der Waals surface area (Å²) in [5.41, 5.74) is 1.72. The molecule has 1 aromatic carbocycles. The third-order valence-electron chi connectivity index (χ3n) is 5.77. The first-order valence-electron chi connectivity index (χ1n) is 10.5. The van der Waals surface area contributed by atoms with Crippen molar-refractivity contribution in [2.24, 2.45) is 5.92 Å². The van der Waals surface area contributed by atoms with E-state index in [-0.39, 0.29) is 17.7 Å². The molecule has 2 aromatic rings. The molecule has 2 saturated heterocycles. The molecule has 0 spiro atoms. The van der Waals surface area contributed by atoms with Crippen LogP contribution in [0.15, 0.2) is 36.4 Å². The summed E-state index contributed by atoms with van der Waals surface area (Å²) in [5.74, 6) is 0.802. The number of anilines is 2. The van der Waals surface area contributed by atoms with E-state index in [9.17, 15) is 9.59 Å². The molecule has 7 nitrogen and oxygen atoms in total. The van der Waals surface area contributed by atoms with Crippen LogP contribution in [0, 0.1) is 5.92 Å². The van der Waals surface area contributed by atoms with Crippen molar-refractivity contribution < 1.29 is 9.59 Å². The summed E-state index contributed by atoms with van der Waals surface area (Å²) in [7, 11) is 0. The minimum absolute atomic E-state index is 0.00233. The number of piperidine rings is 1. The standard InChI is InChI=1S/C22H26ClN5O2/c23-19-9-10-20(26-25-19)28-13-3-4-17(15-28)22(30)24-18-7-5-16(6-8-18)14-21(29)27-11-1-2-12-27/h5-10,17H,1-4,11-15H2,(H,24,30)/t17-/m0/s1. The summed E-state index contributed by atoms with van der Waals surface area (Å²) >= 11 is 5.81. The summed E-state index contributed by atoms with van der Waals surface area (Å²) < 4.78 is 0. The monoisotopic (exact) mass is 427 g/mol. The summed E-state index contributed by atoms with van der Waals surface area (Å²) in [4.78, 5) is 29.1. The Balaban J connectivity index is 1.31. The largest absolute Gasteiger partial charge is 0.354 e. The van der Waals surface area contributed by atoms with Gasteiger partial charge < -0.3 is 15.1 Å². The van der Waals surface area contributed by atoms with Gasteiger partial charge in [0.25, 0.3) is 0 Å². The first-order chi connectivity index (χ1) is 14.6. The second-order valence-electron chi connectivity index (χ2n) is 7.95. The normalized spacial score (nSPS) is 19.0. The van der Waals surface area contributed by atoms with Crippen molar-refractivity contribution in [3.8, 4) is 0 Å². The Morgan fingerprint density at radius 1 is 1.00 bits per heavy atom. The van der Waals surface area contributed by atoms with Crippen LogP contribution in [0.1, 0.15) is 31.2 Å². The highest BCUT2D eigenvalue weighted by Crippen LogP contribution is 2.23. The zero-order valence-corrected chi connectivity index (χ0v) is 17.6. The molecule has 3 heterocycles. The first-order valence-corrected chi connectivity index (χ1v) is 10.9. The van der Waals surface area contributed by atoms with E-state index in [1.54, 1.807) is 6.07 Å². The molecule has 1 aromatic heterocycles. The van der Waals surface area contributed by atoms with Crippen LogP contribution in [0.2, 0.25) is 5.15 Å². The van der Waals surface area contributed by atoms with Crippen molar-refractivity contribution >= 4 is 34.9 Å². The van der Waals surface area contributed by atoms with Crippen LogP contribution >= 0.6 is 11.6 Å². The quantitative estimate of drug-likeness (QED) is 0.793. The fraction of sp³-hybridized carbons (Fsp3) is 0.455. The van der Waals surface area contributed by atoms with E-state index in [0.29, 0.717) is 18.1 Å². The van der Waals surface area contributed by atoms with Crippen molar-refractivity contribution in [2.45, 2.75) is 32.1 Å². The number of carbonyl (C=O) groups is 2. The van der Waals surface area contributed by atoms with Gasteiger partial charge >= 0.3 is 0 Å². The summed E-state index contributed by atoms with van der Waals surface area (Å²) in [6.07, 6.45) is 4.36. The molecular weight excluding hydrogens is 402 g/mol. The van der Waals surface area contributed by atoms with Crippen LogP contribution in [-0.2, 0) is 16.0 Å². The lowest BCUT2D eigenvalue weighted by molar-refractivity contribution is -0.129. The number of nitrogens with zero attached hydrogens (tertiary/aromatic N) is 4. The zero-order valence-electron chi connectivity index (χ0n) is 16.9. The molecule has 0 unspecified atom stereocenters. The molecule has 2 aliphatic rings. The number of rotatable bonds is 5. The van der Waals surface area contributed by atoms with Gasteiger partial charge in [0.2, 0.25) is 11.8 Å². The molecule has 2 aliphatic heterocycles. The highest BCUT2D eigenvalue weighted by atomic mass is 35.5. The number of likely N-dealkylation sites (tertiary alicyclic amines) is 1. The molecule has 0 bridgehead atoms. The number of amides is 2. The van der Waals surface area contributed by atoms with E-state index >= 15 is 0 Å². The van der Waals surface area contributed by atoms with Gasteiger partial charge in [0.1, 0.15) is 0 Å². The second kappa shape index (κ2) is 9.43. The number of hydrogen-bond acceptors (Lipinski definition) is 5. The van der Waals surface area contributed by atoms with Gasteiger partial charge in [-0.2, -0.15) is 0 Å². The van der Waals surface area contributed by atoms with Gasteiger partial charge in [-0.1, -0.05) is 23.7 Å². The first kappa shape index (κ1) is 20.6. The number of benzene rings is 1. The Kier molecular flexibility index (Phi) is 6.47. The van der Waals surface area contributed by atoms with Gasteiger partial charge in [-0.05, 0) is 55.5 Å². The molecule has 158 valence electrons. The third kappa shape index (κ3) is 5.08. The van der Waals surface area contributed by atoms with Crippen LogP contribution in [-0.4, -0.2) is 53.1 Å². The van der Waals surface area contributed by atoms with Crippen molar-refractivity contribution in [3.05, 3.63) is 47.1 Å². The fourth-order valence-electron chi connectivity index (χ4n) is 4.08. The molecular formula is C22H26ClN5O2. The number of aromatic nitrogens is 2. The van der Waals surface area contributed by atoms with E-state index < -0.39 is 0 Å². The lowest BCUT2D eigenvalue weighted by Crippen LogP contribution is -2.41. The molecule has 0 saturated carbocycles. The SMILES string of the molecule is O=C(Nc1ccc(CC(=O)N2CCCC2)cc1)[C@H]1CCCN(c2ccc(Cl)nn2)C1. The predicted molar refractivity (Wildman–Crippen MR) is 117 cm³/mol. The van der Waals surface area contributed by atoms with Crippen LogP contribution in [0.5, 0.6) is 0 Å².